The minimum atomic E-state index is -0.0105. The summed E-state index contributed by atoms with van der Waals surface area (Å²) in [5.74, 6) is 0.725. The highest BCUT2D eigenvalue weighted by atomic mass is 35.5. The van der Waals surface area contributed by atoms with Crippen LogP contribution >= 0.6 is 11.6 Å². The standard InChI is InChI=1S/C15H20ClN3O/c16-12-2-1-3-13(8-12)18-15(20)9-17-14-10-19-6-4-11(14)5-7-19/h1-3,8,11,14,17H,4-7,9-10H2,(H,18,20). The quantitative estimate of drug-likeness (QED) is 0.892. The molecule has 3 heterocycles. The second-order valence-electron chi connectivity index (χ2n) is 5.68. The van der Waals surface area contributed by atoms with E-state index in [9.17, 15) is 4.79 Å². The van der Waals surface area contributed by atoms with E-state index in [0.29, 0.717) is 17.6 Å². The predicted octanol–water partition coefficient (Wildman–Crippen LogP) is 1.96. The number of fused-ring (bicyclic) bond motifs is 3. The van der Waals surface area contributed by atoms with Gasteiger partial charge in [0, 0.05) is 23.3 Å². The molecule has 4 rings (SSSR count). The molecule has 2 N–H and O–H groups in total. The number of rotatable bonds is 4. The van der Waals surface area contributed by atoms with Gasteiger partial charge in [0.25, 0.3) is 0 Å². The van der Waals surface area contributed by atoms with Gasteiger partial charge in [-0.1, -0.05) is 17.7 Å². The highest BCUT2D eigenvalue weighted by Crippen LogP contribution is 2.27. The first kappa shape index (κ1) is 13.9. The molecule has 0 aromatic heterocycles. The molecule has 1 aromatic rings. The number of hydrogen-bond acceptors (Lipinski definition) is 3. The van der Waals surface area contributed by atoms with Crippen LogP contribution in [0, 0.1) is 5.92 Å². The highest BCUT2D eigenvalue weighted by Gasteiger charge is 2.33. The van der Waals surface area contributed by atoms with Gasteiger partial charge in [-0.05, 0) is 50.0 Å². The van der Waals surface area contributed by atoms with Gasteiger partial charge < -0.3 is 15.5 Å². The summed E-state index contributed by atoms with van der Waals surface area (Å²) in [5, 5.41) is 6.90. The number of anilines is 1. The van der Waals surface area contributed by atoms with E-state index in [1.165, 1.54) is 25.9 Å². The maximum absolute atomic E-state index is 11.9. The summed E-state index contributed by atoms with van der Waals surface area (Å²) < 4.78 is 0. The Morgan fingerprint density at radius 2 is 2.15 bits per heavy atom. The van der Waals surface area contributed by atoms with E-state index in [-0.39, 0.29) is 5.91 Å². The first-order chi connectivity index (χ1) is 9.70. The van der Waals surface area contributed by atoms with Crippen LogP contribution in [-0.4, -0.2) is 43.0 Å². The lowest BCUT2D eigenvalue weighted by Crippen LogP contribution is -2.57. The summed E-state index contributed by atoms with van der Waals surface area (Å²) in [6.45, 7) is 3.88. The van der Waals surface area contributed by atoms with Crippen molar-refractivity contribution in [3.63, 3.8) is 0 Å². The van der Waals surface area contributed by atoms with E-state index >= 15 is 0 Å². The number of amides is 1. The summed E-state index contributed by atoms with van der Waals surface area (Å²) in [6.07, 6.45) is 2.52. The monoisotopic (exact) mass is 293 g/mol. The third kappa shape index (κ3) is 3.32. The third-order valence-electron chi connectivity index (χ3n) is 4.29. The molecule has 3 aliphatic heterocycles. The Balaban J connectivity index is 1.47. The molecule has 108 valence electrons. The molecule has 4 nitrogen and oxygen atoms in total. The molecular formula is C15H20ClN3O. The van der Waals surface area contributed by atoms with Crippen molar-refractivity contribution in [2.24, 2.45) is 5.92 Å². The fourth-order valence-electron chi connectivity index (χ4n) is 3.19. The molecule has 0 radical (unpaired) electrons. The molecule has 0 saturated carbocycles. The van der Waals surface area contributed by atoms with Crippen molar-refractivity contribution < 1.29 is 4.79 Å². The SMILES string of the molecule is O=C(CNC1CN2CCC1CC2)Nc1cccc(Cl)c1. The molecule has 1 amide bonds. The lowest BCUT2D eigenvalue weighted by Gasteiger charge is -2.45. The van der Waals surface area contributed by atoms with Crippen molar-refractivity contribution >= 4 is 23.2 Å². The van der Waals surface area contributed by atoms with Gasteiger partial charge >= 0.3 is 0 Å². The summed E-state index contributed by atoms with van der Waals surface area (Å²) in [4.78, 5) is 14.4. The molecule has 1 atom stereocenters. The molecule has 0 spiro atoms. The van der Waals surface area contributed by atoms with E-state index < -0.39 is 0 Å². The van der Waals surface area contributed by atoms with Crippen molar-refractivity contribution in [2.75, 3.05) is 31.5 Å². The molecule has 5 heteroatoms. The number of carbonyl (C=O) groups excluding carboxylic acids is 1. The van der Waals surface area contributed by atoms with E-state index in [4.69, 9.17) is 11.6 Å². The molecule has 20 heavy (non-hydrogen) atoms. The average Bonchev–Trinajstić information content (AvgIpc) is 2.46. The topological polar surface area (TPSA) is 44.4 Å². The summed E-state index contributed by atoms with van der Waals surface area (Å²) >= 11 is 5.90. The van der Waals surface area contributed by atoms with Gasteiger partial charge in [-0.15, -0.1) is 0 Å². The van der Waals surface area contributed by atoms with Gasteiger partial charge in [-0.2, -0.15) is 0 Å². The smallest absolute Gasteiger partial charge is 0.238 e. The second-order valence-corrected chi connectivity index (χ2v) is 6.12. The fourth-order valence-corrected chi connectivity index (χ4v) is 3.38. The first-order valence-corrected chi connectivity index (χ1v) is 7.59. The van der Waals surface area contributed by atoms with Crippen LogP contribution in [0.25, 0.3) is 0 Å². The van der Waals surface area contributed by atoms with Gasteiger partial charge in [0.1, 0.15) is 0 Å². The number of benzene rings is 1. The number of hydrogen-bond donors (Lipinski definition) is 2. The van der Waals surface area contributed by atoms with Crippen molar-refractivity contribution in [1.82, 2.24) is 10.2 Å². The molecule has 3 saturated heterocycles. The van der Waals surface area contributed by atoms with Crippen LogP contribution in [-0.2, 0) is 4.79 Å². The zero-order valence-electron chi connectivity index (χ0n) is 11.4. The molecule has 1 aromatic carbocycles. The Kier molecular flexibility index (Phi) is 4.24. The maximum atomic E-state index is 11.9. The minimum Gasteiger partial charge on any atom is -0.325 e. The zero-order chi connectivity index (χ0) is 13.9. The van der Waals surface area contributed by atoms with Crippen LogP contribution in [0.2, 0.25) is 5.02 Å². The van der Waals surface area contributed by atoms with Gasteiger partial charge in [-0.3, -0.25) is 4.79 Å². The summed E-state index contributed by atoms with van der Waals surface area (Å²) in [5.41, 5.74) is 0.748. The Bertz CT molecular complexity index is 486. The lowest BCUT2D eigenvalue weighted by atomic mass is 9.84. The summed E-state index contributed by atoms with van der Waals surface area (Å²) in [6, 6.07) is 7.69. The van der Waals surface area contributed by atoms with Crippen LogP contribution in [0.1, 0.15) is 12.8 Å². The predicted molar refractivity (Wildman–Crippen MR) is 81.0 cm³/mol. The molecule has 3 aliphatic rings. The Morgan fingerprint density at radius 1 is 1.35 bits per heavy atom. The molecule has 0 aliphatic carbocycles. The van der Waals surface area contributed by atoms with E-state index in [1.807, 2.05) is 12.1 Å². The second kappa shape index (κ2) is 6.12. The van der Waals surface area contributed by atoms with Crippen LogP contribution < -0.4 is 10.6 Å². The third-order valence-corrected chi connectivity index (χ3v) is 4.52. The maximum Gasteiger partial charge on any atom is 0.238 e. The Hall–Kier alpha value is -1.10. The van der Waals surface area contributed by atoms with Gasteiger partial charge in [0.15, 0.2) is 0 Å². The van der Waals surface area contributed by atoms with Gasteiger partial charge in [-0.25, -0.2) is 0 Å². The highest BCUT2D eigenvalue weighted by molar-refractivity contribution is 6.30. The number of carbonyl (C=O) groups is 1. The molecule has 3 fully saturated rings. The molecular weight excluding hydrogens is 274 g/mol. The Morgan fingerprint density at radius 3 is 2.80 bits per heavy atom. The Labute approximate surface area is 124 Å². The van der Waals surface area contributed by atoms with E-state index in [1.54, 1.807) is 12.1 Å². The van der Waals surface area contributed by atoms with Crippen molar-refractivity contribution in [1.29, 1.82) is 0 Å². The first-order valence-electron chi connectivity index (χ1n) is 7.22. The van der Waals surface area contributed by atoms with Gasteiger partial charge in [0.05, 0.1) is 6.54 Å². The van der Waals surface area contributed by atoms with Crippen molar-refractivity contribution in [3.8, 4) is 0 Å². The normalized spacial score (nSPS) is 28.4. The fraction of sp³-hybridized carbons (Fsp3) is 0.533. The number of halogens is 1. The van der Waals surface area contributed by atoms with Crippen LogP contribution in [0.3, 0.4) is 0 Å². The zero-order valence-corrected chi connectivity index (χ0v) is 12.2. The van der Waals surface area contributed by atoms with Crippen LogP contribution in [0.4, 0.5) is 5.69 Å². The largest absolute Gasteiger partial charge is 0.325 e. The average molecular weight is 294 g/mol. The van der Waals surface area contributed by atoms with Crippen molar-refractivity contribution in [3.05, 3.63) is 29.3 Å². The number of nitrogens with zero attached hydrogens (tertiary/aromatic N) is 1. The summed E-state index contributed by atoms with van der Waals surface area (Å²) in [7, 11) is 0. The van der Waals surface area contributed by atoms with Crippen LogP contribution in [0.5, 0.6) is 0 Å². The van der Waals surface area contributed by atoms with E-state index in [0.717, 1.165) is 18.2 Å². The van der Waals surface area contributed by atoms with Crippen LogP contribution in [0.15, 0.2) is 24.3 Å². The van der Waals surface area contributed by atoms with E-state index in [2.05, 4.69) is 15.5 Å². The van der Waals surface area contributed by atoms with Gasteiger partial charge in [0.2, 0.25) is 5.91 Å². The number of piperidine rings is 3. The molecule has 1 unspecified atom stereocenters. The lowest BCUT2D eigenvalue weighted by molar-refractivity contribution is -0.115. The molecule has 2 bridgehead atoms. The van der Waals surface area contributed by atoms with Crippen molar-refractivity contribution in [2.45, 2.75) is 18.9 Å². The number of nitrogens with one attached hydrogen (secondary N) is 2. The minimum absolute atomic E-state index is 0.0105.